The molecule has 66 valence electrons. The van der Waals surface area contributed by atoms with Gasteiger partial charge >= 0.3 is 0 Å². The molecular formula is C10H8BrNO. The van der Waals surface area contributed by atoms with Gasteiger partial charge in [0.1, 0.15) is 0 Å². The van der Waals surface area contributed by atoms with Gasteiger partial charge in [-0.15, -0.1) is 0 Å². The largest absolute Gasteiger partial charge is 0.316 e. The Kier molecular flexibility index (Phi) is 1.96. The molecule has 0 bridgehead atoms. The van der Waals surface area contributed by atoms with Crippen molar-refractivity contribution in [3.05, 3.63) is 44.8 Å². The van der Waals surface area contributed by atoms with Gasteiger partial charge in [-0.25, -0.2) is 0 Å². The Morgan fingerprint density at radius 3 is 2.85 bits per heavy atom. The van der Waals surface area contributed by atoms with Crippen molar-refractivity contribution in [3.8, 4) is 0 Å². The minimum atomic E-state index is -0.0803. The van der Waals surface area contributed by atoms with Gasteiger partial charge in [-0.3, -0.25) is 4.79 Å². The van der Waals surface area contributed by atoms with E-state index >= 15 is 0 Å². The number of aryl methyl sites for hydroxylation is 1. The molecule has 0 unspecified atom stereocenters. The van der Waals surface area contributed by atoms with Crippen LogP contribution in [0.2, 0.25) is 0 Å². The van der Waals surface area contributed by atoms with Crippen molar-refractivity contribution in [3.63, 3.8) is 0 Å². The summed E-state index contributed by atoms with van der Waals surface area (Å²) in [6.45, 7) is 2.02. The molecule has 0 aliphatic heterocycles. The highest BCUT2D eigenvalue weighted by Crippen LogP contribution is 2.20. The molecule has 0 aliphatic rings. The van der Waals surface area contributed by atoms with E-state index in [1.165, 1.54) is 5.56 Å². The quantitative estimate of drug-likeness (QED) is 0.703. The van der Waals surface area contributed by atoms with Crippen LogP contribution < -0.4 is 5.56 Å². The molecule has 1 aromatic carbocycles. The second-order valence-electron chi connectivity index (χ2n) is 3.04. The van der Waals surface area contributed by atoms with Crippen molar-refractivity contribution in [1.82, 2.24) is 4.98 Å². The molecule has 13 heavy (non-hydrogen) atoms. The molecule has 0 fully saturated rings. The van der Waals surface area contributed by atoms with E-state index in [-0.39, 0.29) is 5.56 Å². The van der Waals surface area contributed by atoms with Crippen molar-refractivity contribution in [2.45, 2.75) is 6.92 Å². The first-order chi connectivity index (χ1) is 6.16. The summed E-state index contributed by atoms with van der Waals surface area (Å²) >= 11 is 3.33. The van der Waals surface area contributed by atoms with Crippen molar-refractivity contribution in [1.29, 1.82) is 0 Å². The van der Waals surface area contributed by atoms with Crippen LogP contribution in [-0.2, 0) is 0 Å². The molecule has 1 heterocycles. The Morgan fingerprint density at radius 1 is 1.31 bits per heavy atom. The van der Waals surface area contributed by atoms with E-state index in [9.17, 15) is 4.79 Å². The number of H-pyrrole nitrogens is 1. The Balaban J connectivity index is 2.95. The lowest BCUT2D eigenvalue weighted by Crippen LogP contribution is -2.03. The summed E-state index contributed by atoms with van der Waals surface area (Å²) < 4.78 is 0.749. The highest BCUT2D eigenvalue weighted by atomic mass is 79.9. The summed E-state index contributed by atoms with van der Waals surface area (Å²) in [5.74, 6) is 0. The van der Waals surface area contributed by atoms with Gasteiger partial charge in [-0.05, 0) is 34.3 Å². The van der Waals surface area contributed by atoms with E-state index < -0.39 is 0 Å². The minimum Gasteiger partial charge on any atom is -0.316 e. The van der Waals surface area contributed by atoms with Crippen LogP contribution in [0.5, 0.6) is 0 Å². The number of hydrogen-bond donors (Lipinski definition) is 1. The summed E-state index contributed by atoms with van der Waals surface area (Å²) in [5.41, 5.74) is 1.10. The molecule has 1 aromatic heterocycles. The van der Waals surface area contributed by atoms with Crippen LogP contribution in [-0.4, -0.2) is 4.98 Å². The Hall–Kier alpha value is -1.09. The summed E-state index contributed by atoms with van der Waals surface area (Å²) in [5, 5.41) is 2.00. The number of aromatic amines is 1. The first kappa shape index (κ1) is 8.51. The number of benzene rings is 1. The highest BCUT2D eigenvalue weighted by Gasteiger charge is 1.99. The molecule has 3 heteroatoms. The van der Waals surface area contributed by atoms with Crippen LogP contribution in [0.1, 0.15) is 5.56 Å². The maximum atomic E-state index is 11.1. The zero-order valence-corrected chi connectivity index (χ0v) is 8.68. The van der Waals surface area contributed by atoms with Gasteiger partial charge in [0.15, 0.2) is 0 Å². The predicted octanol–water partition coefficient (Wildman–Crippen LogP) is 2.60. The molecule has 0 atom stereocenters. The molecule has 1 N–H and O–H groups in total. The van der Waals surface area contributed by atoms with E-state index in [0.29, 0.717) is 0 Å². The molecule has 0 spiro atoms. The molecule has 2 nitrogen and oxygen atoms in total. The smallest absolute Gasteiger partial charge is 0.249 e. The number of pyridine rings is 1. The predicted molar refractivity (Wildman–Crippen MR) is 57.0 cm³/mol. The lowest BCUT2D eigenvalue weighted by Gasteiger charge is -2.00. The third kappa shape index (κ3) is 1.52. The van der Waals surface area contributed by atoms with E-state index in [2.05, 4.69) is 20.9 Å². The normalized spacial score (nSPS) is 10.6. The first-order valence-corrected chi connectivity index (χ1v) is 4.75. The van der Waals surface area contributed by atoms with Crippen LogP contribution in [0.25, 0.3) is 10.8 Å². The maximum Gasteiger partial charge on any atom is 0.249 e. The minimum absolute atomic E-state index is 0.0803. The Morgan fingerprint density at radius 2 is 2.08 bits per heavy atom. The maximum absolute atomic E-state index is 11.1. The van der Waals surface area contributed by atoms with Gasteiger partial charge in [0.25, 0.3) is 0 Å². The molecule has 2 rings (SSSR count). The first-order valence-electron chi connectivity index (χ1n) is 3.96. The summed E-state index contributed by atoms with van der Waals surface area (Å²) in [4.78, 5) is 13.8. The van der Waals surface area contributed by atoms with Crippen LogP contribution in [0, 0.1) is 6.92 Å². The number of nitrogens with one attached hydrogen (secondary N) is 1. The topological polar surface area (TPSA) is 32.9 Å². The fourth-order valence-electron chi connectivity index (χ4n) is 1.34. The average molecular weight is 238 g/mol. The molecule has 0 aliphatic carbocycles. The third-order valence-corrected chi connectivity index (χ3v) is 2.59. The van der Waals surface area contributed by atoms with Crippen LogP contribution in [0.4, 0.5) is 0 Å². The van der Waals surface area contributed by atoms with Crippen molar-refractivity contribution in [2.24, 2.45) is 0 Å². The summed E-state index contributed by atoms with van der Waals surface area (Å²) in [6.07, 6.45) is 0. The molecular weight excluding hydrogens is 230 g/mol. The second kappa shape index (κ2) is 3.00. The standard InChI is InChI=1S/C10H8BrNO/c1-6-2-3-7-5-9(13)12-10(11)8(7)4-6/h2-5H,1H3,(H,12,13). The number of aromatic nitrogens is 1. The molecule has 0 saturated heterocycles. The lowest BCUT2D eigenvalue weighted by atomic mass is 10.1. The fourth-order valence-corrected chi connectivity index (χ4v) is 1.88. The van der Waals surface area contributed by atoms with E-state index in [4.69, 9.17) is 0 Å². The zero-order chi connectivity index (χ0) is 9.42. The average Bonchev–Trinajstić information content (AvgIpc) is 2.06. The van der Waals surface area contributed by atoms with Gasteiger partial charge in [-0.1, -0.05) is 17.7 Å². The third-order valence-electron chi connectivity index (χ3n) is 1.96. The Bertz CT molecular complexity index is 516. The fraction of sp³-hybridized carbons (Fsp3) is 0.100. The number of hydrogen-bond acceptors (Lipinski definition) is 1. The van der Waals surface area contributed by atoms with Crippen molar-refractivity contribution < 1.29 is 0 Å². The van der Waals surface area contributed by atoms with Gasteiger partial charge < -0.3 is 4.98 Å². The Labute approximate surface area is 83.7 Å². The zero-order valence-electron chi connectivity index (χ0n) is 7.10. The second-order valence-corrected chi connectivity index (χ2v) is 3.83. The molecule has 2 aromatic rings. The number of halogens is 1. The van der Waals surface area contributed by atoms with Gasteiger partial charge in [0, 0.05) is 11.5 Å². The van der Waals surface area contributed by atoms with Gasteiger partial charge in [0.05, 0.1) is 4.60 Å². The lowest BCUT2D eigenvalue weighted by molar-refractivity contribution is 1.23. The molecule has 0 radical (unpaired) electrons. The van der Waals surface area contributed by atoms with Crippen LogP contribution >= 0.6 is 15.9 Å². The van der Waals surface area contributed by atoms with Gasteiger partial charge in [0.2, 0.25) is 5.56 Å². The van der Waals surface area contributed by atoms with Crippen molar-refractivity contribution >= 4 is 26.7 Å². The van der Waals surface area contributed by atoms with E-state index in [0.717, 1.165) is 15.4 Å². The van der Waals surface area contributed by atoms with E-state index in [1.807, 2.05) is 25.1 Å². The highest BCUT2D eigenvalue weighted by molar-refractivity contribution is 9.10. The van der Waals surface area contributed by atoms with Gasteiger partial charge in [-0.2, -0.15) is 0 Å². The van der Waals surface area contributed by atoms with Crippen molar-refractivity contribution in [2.75, 3.05) is 0 Å². The van der Waals surface area contributed by atoms with Crippen LogP contribution in [0.15, 0.2) is 33.7 Å². The molecule has 0 amide bonds. The summed E-state index contributed by atoms with van der Waals surface area (Å²) in [6, 6.07) is 7.58. The molecule has 0 saturated carbocycles. The van der Waals surface area contributed by atoms with E-state index in [1.54, 1.807) is 6.07 Å². The number of rotatable bonds is 0. The monoisotopic (exact) mass is 237 g/mol. The SMILES string of the molecule is Cc1ccc2cc(=O)[nH]c(Br)c2c1. The number of fused-ring (bicyclic) bond motifs is 1. The van der Waals surface area contributed by atoms with Crippen LogP contribution in [0.3, 0.4) is 0 Å². The summed E-state index contributed by atoms with van der Waals surface area (Å²) in [7, 11) is 0.